The summed E-state index contributed by atoms with van der Waals surface area (Å²) in [5, 5.41) is 8.58. The fourth-order valence-electron chi connectivity index (χ4n) is 1.69. The van der Waals surface area contributed by atoms with E-state index >= 15 is 0 Å². The molecule has 0 spiro atoms. The van der Waals surface area contributed by atoms with Gasteiger partial charge in [0.25, 0.3) is 0 Å². The second-order valence-corrected chi connectivity index (χ2v) is 5.13. The summed E-state index contributed by atoms with van der Waals surface area (Å²) in [6.07, 6.45) is 2.55. The highest BCUT2D eigenvalue weighted by molar-refractivity contribution is 9.10. The SMILES string of the molecule is O=C(O)C=Cc1ccc(OCc2cccc(F)c2)c(Br)c1. The van der Waals surface area contributed by atoms with Crippen LogP contribution in [0.3, 0.4) is 0 Å². The number of carbonyl (C=O) groups is 1. The van der Waals surface area contributed by atoms with Crippen LogP contribution in [0.25, 0.3) is 6.08 Å². The first kappa shape index (κ1) is 15.3. The van der Waals surface area contributed by atoms with Gasteiger partial charge in [-0.3, -0.25) is 0 Å². The van der Waals surface area contributed by atoms with Gasteiger partial charge >= 0.3 is 5.97 Å². The topological polar surface area (TPSA) is 46.5 Å². The van der Waals surface area contributed by atoms with Gasteiger partial charge in [0, 0.05) is 6.08 Å². The number of hydrogen-bond acceptors (Lipinski definition) is 2. The first-order chi connectivity index (χ1) is 10.0. The molecule has 0 heterocycles. The summed E-state index contributed by atoms with van der Waals surface area (Å²) in [4.78, 5) is 10.5. The lowest BCUT2D eigenvalue weighted by Gasteiger charge is -2.09. The third kappa shape index (κ3) is 4.72. The molecule has 21 heavy (non-hydrogen) atoms. The van der Waals surface area contributed by atoms with E-state index < -0.39 is 5.97 Å². The van der Waals surface area contributed by atoms with E-state index in [2.05, 4.69) is 15.9 Å². The van der Waals surface area contributed by atoms with Crippen molar-refractivity contribution in [3.63, 3.8) is 0 Å². The minimum atomic E-state index is -1.00. The van der Waals surface area contributed by atoms with E-state index in [1.165, 1.54) is 18.2 Å². The molecule has 0 aromatic heterocycles. The zero-order valence-corrected chi connectivity index (χ0v) is 12.5. The predicted molar refractivity (Wildman–Crippen MR) is 81.5 cm³/mol. The Balaban J connectivity index is 2.06. The van der Waals surface area contributed by atoms with Gasteiger partial charge in [-0.15, -0.1) is 0 Å². The predicted octanol–water partition coefficient (Wildman–Crippen LogP) is 4.27. The summed E-state index contributed by atoms with van der Waals surface area (Å²) in [6.45, 7) is 0.251. The van der Waals surface area contributed by atoms with Gasteiger partial charge in [-0.1, -0.05) is 18.2 Å². The highest BCUT2D eigenvalue weighted by atomic mass is 79.9. The van der Waals surface area contributed by atoms with Crippen LogP contribution in [-0.2, 0) is 11.4 Å². The summed E-state index contributed by atoms with van der Waals surface area (Å²) in [7, 11) is 0. The monoisotopic (exact) mass is 350 g/mol. The maximum atomic E-state index is 13.1. The van der Waals surface area contributed by atoms with E-state index in [9.17, 15) is 9.18 Å². The fourth-order valence-corrected chi connectivity index (χ4v) is 2.20. The van der Waals surface area contributed by atoms with Crippen molar-refractivity contribution in [3.8, 4) is 5.75 Å². The van der Waals surface area contributed by atoms with E-state index in [-0.39, 0.29) is 12.4 Å². The second-order valence-electron chi connectivity index (χ2n) is 4.28. The van der Waals surface area contributed by atoms with Gasteiger partial charge < -0.3 is 9.84 Å². The Morgan fingerprint density at radius 3 is 2.76 bits per heavy atom. The van der Waals surface area contributed by atoms with Crippen molar-refractivity contribution in [1.29, 1.82) is 0 Å². The summed E-state index contributed by atoms with van der Waals surface area (Å²) in [5.74, 6) is -0.700. The number of benzene rings is 2. The number of ether oxygens (including phenoxy) is 1. The second kappa shape index (κ2) is 7.04. The molecule has 0 aliphatic carbocycles. The minimum Gasteiger partial charge on any atom is -0.488 e. The molecule has 0 saturated carbocycles. The fraction of sp³-hybridized carbons (Fsp3) is 0.0625. The standard InChI is InChI=1S/C16H12BrFO3/c17-14-9-11(5-7-16(19)20)4-6-15(14)21-10-12-2-1-3-13(18)8-12/h1-9H,10H2,(H,19,20). The molecule has 1 N–H and O–H groups in total. The van der Waals surface area contributed by atoms with Crippen LogP contribution in [0.4, 0.5) is 4.39 Å². The lowest BCUT2D eigenvalue weighted by atomic mass is 10.2. The van der Waals surface area contributed by atoms with Gasteiger partial charge in [0.05, 0.1) is 4.47 Å². The molecule has 0 aliphatic heterocycles. The summed E-state index contributed by atoms with van der Waals surface area (Å²) < 4.78 is 19.4. The van der Waals surface area contributed by atoms with Gasteiger partial charge in [-0.25, -0.2) is 9.18 Å². The Morgan fingerprint density at radius 2 is 2.10 bits per heavy atom. The van der Waals surface area contributed by atoms with Crippen molar-refractivity contribution in [2.24, 2.45) is 0 Å². The summed E-state index contributed by atoms with van der Waals surface area (Å²) in [5.41, 5.74) is 1.47. The zero-order valence-electron chi connectivity index (χ0n) is 10.9. The Bertz CT molecular complexity index is 683. The molecular weight excluding hydrogens is 339 g/mol. The van der Waals surface area contributed by atoms with Crippen LogP contribution in [0.2, 0.25) is 0 Å². The Hall–Kier alpha value is -2.14. The molecular formula is C16H12BrFO3. The summed E-state index contributed by atoms with van der Waals surface area (Å²) >= 11 is 3.36. The van der Waals surface area contributed by atoms with Crippen LogP contribution in [0, 0.1) is 5.82 Å². The number of rotatable bonds is 5. The van der Waals surface area contributed by atoms with E-state index in [0.717, 1.165) is 17.2 Å². The average Bonchev–Trinajstić information content (AvgIpc) is 2.44. The normalized spacial score (nSPS) is 10.8. The van der Waals surface area contributed by atoms with Gasteiger partial charge in [0.2, 0.25) is 0 Å². The first-order valence-corrected chi connectivity index (χ1v) is 6.92. The maximum Gasteiger partial charge on any atom is 0.328 e. The van der Waals surface area contributed by atoms with Crippen LogP contribution < -0.4 is 4.74 Å². The minimum absolute atomic E-state index is 0.251. The van der Waals surface area contributed by atoms with E-state index in [0.29, 0.717) is 10.2 Å². The van der Waals surface area contributed by atoms with Crippen LogP contribution in [0.5, 0.6) is 5.75 Å². The molecule has 0 amide bonds. The molecule has 0 atom stereocenters. The van der Waals surface area contributed by atoms with Crippen molar-refractivity contribution in [2.45, 2.75) is 6.61 Å². The third-order valence-electron chi connectivity index (χ3n) is 2.66. The smallest absolute Gasteiger partial charge is 0.328 e. The number of carboxylic acids is 1. The number of aliphatic carboxylic acids is 1. The van der Waals surface area contributed by atoms with Crippen molar-refractivity contribution in [1.82, 2.24) is 0 Å². The number of carboxylic acid groups (broad SMARTS) is 1. The molecule has 0 radical (unpaired) electrons. The van der Waals surface area contributed by atoms with Gasteiger partial charge in [0.15, 0.2) is 0 Å². The van der Waals surface area contributed by atoms with Crippen molar-refractivity contribution in [2.75, 3.05) is 0 Å². The van der Waals surface area contributed by atoms with Crippen molar-refractivity contribution >= 4 is 28.0 Å². The molecule has 5 heteroatoms. The quantitative estimate of drug-likeness (QED) is 0.819. The van der Waals surface area contributed by atoms with Gasteiger partial charge in [-0.2, -0.15) is 0 Å². The van der Waals surface area contributed by atoms with Gasteiger partial charge in [0.1, 0.15) is 18.2 Å². The third-order valence-corrected chi connectivity index (χ3v) is 3.28. The highest BCUT2D eigenvalue weighted by Crippen LogP contribution is 2.27. The lowest BCUT2D eigenvalue weighted by Crippen LogP contribution is -1.96. The van der Waals surface area contributed by atoms with Crippen molar-refractivity contribution in [3.05, 3.63) is 70.0 Å². The molecule has 2 aromatic rings. The maximum absolute atomic E-state index is 13.1. The van der Waals surface area contributed by atoms with E-state index in [1.54, 1.807) is 30.3 Å². The Kier molecular flexibility index (Phi) is 5.11. The Labute approximate surface area is 129 Å². The molecule has 0 bridgehead atoms. The highest BCUT2D eigenvalue weighted by Gasteiger charge is 2.03. The zero-order chi connectivity index (χ0) is 15.2. The van der Waals surface area contributed by atoms with Crippen LogP contribution in [-0.4, -0.2) is 11.1 Å². The first-order valence-electron chi connectivity index (χ1n) is 6.12. The van der Waals surface area contributed by atoms with Crippen LogP contribution >= 0.6 is 15.9 Å². The lowest BCUT2D eigenvalue weighted by molar-refractivity contribution is -0.131. The average molecular weight is 351 g/mol. The van der Waals surface area contributed by atoms with Crippen LogP contribution in [0.1, 0.15) is 11.1 Å². The molecule has 0 fully saturated rings. The summed E-state index contributed by atoms with van der Waals surface area (Å²) in [6, 6.07) is 11.4. The molecule has 0 aliphatic rings. The molecule has 2 aromatic carbocycles. The number of hydrogen-bond donors (Lipinski definition) is 1. The van der Waals surface area contributed by atoms with Gasteiger partial charge in [-0.05, 0) is 57.4 Å². The van der Waals surface area contributed by atoms with E-state index in [1.807, 2.05) is 0 Å². The van der Waals surface area contributed by atoms with Crippen molar-refractivity contribution < 1.29 is 19.0 Å². The van der Waals surface area contributed by atoms with E-state index in [4.69, 9.17) is 9.84 Å². The molecule has 108 valence electrons. The molecule has 0 unspecified atom stereocenters. The molecule has 0 saturated heterocycles. The van der Waals surface area contributed by atoms with Crippen LogP contribution in [0.15, 0.2) is 53.0 Å². The Morgan fingerprint density at radius 1 is 1.29 bits per heavy atom. The largest absolute Gasteiger partial charge is 0.488 e. The molecule has 2 rings (SSSR count). The number of halogens is 2. The molecule has 3 nitrogen and oxygen atoms in total.